The Morgan fingerprint density at radius 3 is 2.16 bits per heavy atom. The van der Waals surface area contributed by atoms with Crippen LogP contribution in [-0.4, -0.2) is 0 Å². The number of halogens is 3. The van der Waals surface area contributed by atoms with E-state index in [2.05, 4.69) is 13.5 Å². The van der Waals surface area contributed by atoms with Gasteiger partial charge in [0.15, 0.2) is 5.83 Å². The van der Waals surface area contributed by atoms with E-state index in [0.29, 0.717) is 5.56 Å². The first-order valence-electron chi connectivity index (χ1n) is 5.67. The number of hydrogen-bond donors (Lipinski definition) is 0. The highest BCUT2D eigenvalue weighted by molar-refractivity contribution is 5.65. The van der Waals surface area contributed by atoms with Crippen LogP contribution in [0.5, 0.6) is 0 Å². The van der Waals surface area contributed by atoms with Crippen LogP contribution in [0.4, 0.5) is 13.2 Å². The van der Waals surface area contributed by atoms with E-state index in [1.165, 1.54) is 18.2 Å². The van der Waals surface area contributed by atoms with E-state index in [0.717, 1.165) is 11.1 Å². The predicted molar refractivity (Wildman–Crippen MR) is 70.5 cm³/mol. The maximum absolute atomic E-state index is 13.6. The second-order valence-electron chi connectivity index (χ2n) is 4.26. The van der Waals surface area contributed by atoms with Gasteiger partial charge < -0.3 is 0 Å². The van der Waals surface area contributed by atoms with Crippen LogP contribution in [0.1, 0.15) is 11.1 Å². The molecule has 97 valence electrons. The second kappa shape index (κ2) is 4.92. The SMILES string of the molecule is [CH2]c1ccc(-c2cccc(C(F)(F)C(=C)F)c2)cc1. The smallest absolute Gasteiger partial charge is 0.205 e. The largest absolute Gasteiger partial charge is 0.323 e. The van der Waals surface area contributed by atoms with Crippen molar-refractivity contribution in [2.75, 3.05) is 0 Å². The average molecular weight is 261 g/mol. The van der Waals surface area contributed by atoms with Gasteiger partial charge in [-0.25, -0.2) is 4.39 Å². The topological polar surface area (TPSA) is 0 Å². The van der Waals surface area contributed by atoms with Gasteiger partial charge in [0, 0.05) is 5.56 Å². The number of hydrogen-bond acceptors (Lipinski definition) is 0. The summed E-state index contributed by atoms with van der Waals surface area (Å²) >= 11 is 0. The molecule has 0 N–H and O–H groups in total. The van der Waals surface area contributed by atoms with E-state index in [9.17, 15) is 13.2 Å². The molecule has 0 fully saturated rings. The number of rotatable bonds is 3. The van der Waals surface area contributed by atoms with Gasteiger partial charge in [-0.15, -0.1) is 0 Å². The van der Waals surface area contributed by atoms with E-state index >= 15 is 0 Å². The molecule has 0 atom stereocenters. The Morgan fingerprint density at radius 1 is 0.947 bits per heavy atom. The van der Waals surface area contributed by atoms with Crippen molar-refractivity contribution >= 4 is 0 Å². The summed E-state index contributed by atoms with van der Waals surface area (Å²) < 4.78 is 39.9. The van der Waals surface area contributed by atoms with Gasteiger partial charge in [0.05, 0.1) is 0 Å². The van der Waals surface area contributed by atoms with Crippen LogP contribution >= 0.6 is 0 Å². The van der Waals surface area contributed by atoms with Crippen LogP contribution in [0.25, 0.3) is 11.1 Å². The third-order valence-corrected chi connectivity index (χ3v) is 2.85. The zero-order chi connectivity index (χ0) is 14.0. The quantitative estimate of drug-likeness (QED) is 0.720. The number of alkyl halides is 2. The first-order chi connectivity index (χ1) is 8.91. The molecular formula is C16H12F3. The monoisotopic (exact) mass is 261 g/mol. The van der Waals surface area contributed by atoms with E-state index in [4.69, 9.17) is 0 Å². The maximum Gasteiger partial charge on any atom is 0.323 e. The van der Waals surface area contributed by atoms with Crippen molar-refractivity contribution in [3.05, 3.63) is 79.0 Å². The molecule has 0 nitrogen and oxygen atoms in total. The first-order valence-corrected chi connectivity index (χ1v) is 5.67. The molecule has 19 heavy (non-hydrogen) atoms. The Hall–Kier alpha value is -2.03. The lowest BCUT2D eigenvalue weighted by atomic mass is 9.99. The fraction of sp³-hybridized carbons (Fsp3) is 0.0625. The molecule has 0 aliphatic heterocycles. The molecule has 0 saturated carbocycles. The molecule has 0 aliphatic carbocycles. The van der Waals surface area contributed by atoms with Crippen LogP contribution in [0.3, 0.4) is 0 Å². The van der Waals surface area contributed by atoms with Crippen LogP contribution in [0.15, 0.2) is 60.9 Å². The van der Waals surface area contributed by atoms with Gasteiger partial charge >= 0.3 is 5.92 Å². The zero-order valence-corrected chi connectivity index (χ0v) is 10.2. The summed E-state index contributed by atoms with van der Waals surface area (Å²) in [6.45, 7) is 6.45. The van der Waals surface area contributed by atoms with E-state index in [1.54, 1.807) is 30.3 Å². The summed E-state index contributed by atoms with van der Waals surface area (Å²) in [4.78, 5) is 0. The summed E-state index contributed by atoms with van der Waals surface area (Å²) in [6.07, 6.45) is 0. The minimum absolute atomic E-state index is 0.406. The third kappa shape index (κ3) is 2.70. The molecule has 0 bridgehead atoms. The Morgan fingerprint density at radius 2 is 1.58 bits per heavy atom. The Kier molecular flexibility index (Phi) is 3.47. The van der Waals surface area contributed by atoms with Gasteiger partial charge in [0.25, 0.3) is 0 Å². The van der Waals surface area contributed by atoms with Crippen molar-refractivity contribution in [2.45, 2.75) is 5.92 Å². The van der Waals surface area contributed by atoms with Crippen molar-refractivity contribution < 1.29 is 13.2 Å². The number of benzene rings is 2. The Bertz CT molecular complexity index is 598. The minimum Gasteiger partial charge on any atom is -0.205 e. The lowest BCUT2D eigenvalue weighted by Crippen LogP contribution is -2.13. The van der Waals surface area contributed by atoms with Gasteiger partial charge in [-0.3, -0.25) is 0 Å². The molecule has 0 heterocycles. The van der Waals surface area contributed by atoms with Crippen LogP contribution < -0.4 is 0 Å². The highest BCUT2D eigenvalue weighted by Crippen LogP contribution is 2.37. The molecular weight excluding hydrogens is 249 g/mol. The van der Waals surface area contributed by atoms with Crippen LogP contribution in [0.2, 0.25) is 0 Å². The highest BCUT2D eigenvalue weighted by atomic mass is 19.3. The molecule has 0 aromatic heterocycles. The number of allylic oxidation sites excluding steroid dienone is 1. The van der Waals surface area contributed by atoms with Gasteiger partial charge in [0.1, 0.15) is 0 Å². The molecule has 0 unspecified atom stereocenters. The van der Waals surface area contributed by atoms with E-state index in [-0.39, 0.29) is 0 Å². The summed E-state index contributed by atoms with van der Waals surface area (Å²) in [6, 6.07) is 12.8. The third-order valence-electron chi connectivity index (χ3n) is 2.85. The molecule has 0 spiro atoms. The average Bonchev–Trinajstić information content (AvgIpc) is 2.39. The van der Waals surface area contributed by atoms with Crippen molar-refractivity contribution in [3.63, 3.8) is 0 Å². The minimum atomic E-state index is -3.66. The standard InChI is InChI=1S/C16H12F3/c1-11-6-8-13(9-7-11)14-4-3-5-15(10-14)16(18,19)12(2)17/h3-10H,1-2H2. The van der Waals surface area contributed by atoms with Crippen molar-refractivity contribution in [2.24, 2.45) is 0 Å². The van der Waals surface area contributed by atoms with Gasteiger partial charge in [-0.2, -0.15) is 8.78 Å². The maximum atomic E-state index is 13.6. The highest BCUT2D eigenvalue weighted by Gasteiger charge is 2.36. The van der Waals surface area contributed by atoms with Crippen LogP contribution in [0, 0.1) is 6.92 Å². The molecule has 0 aliphatic rings. The summed E-state index contributed by atoms with van der Waals surface area (Å²) in [5, 5.41) is 0. The molecule has 3 heteroatoms. The molecule has 1 radical (unpaired) electrons. The molecule has 2 aromatic carbocycles. The fourth-order valence-electron chi connectivity index (χ4n) is 1.75. The van der Waals surface area contributed by atoms with Gasteiger partial charge in [0.2, 0.25) is 0 Å². The van der Waals surface area contributed by atoms with Gasteiger partial charge in [-0.1, -0.05) is 49.0 Å². The zero-order valence-electron chi connectivity index (χ0n) is 10.2. The second-order valence-corrected chi connectivity index (χ2v) is 4.26. The normalized spacial score (nSPS) is 11.4. The van der Waals surface area contributed by atoms with Gasteiger partial charge in [-0.05, 0) is 29.7 Å². The Labute approximate surface area is 110 Å². The lowest BCUT2D eigenvalue weighted by molar-refractivity contribution is 0.0146. The summed E-state index contributed by atoms with van der Waals surface area (Å²) in [5.74, 6) is -5.32. The molecule has 0 amide bonds. The molecule has 2 aromatic rings. The molecule has 0 saturated heterocycles. The molecule has 2 rings (SSSR count). The fourth-order valence-corrected chi connectivity index (χ4v) is 1.75. The van der Waals surface area contributed by atoms with Crippen LogP contribution in [-0.2, 0) is 5.92 Å². The van der Waals surface area contributed by atoms with Crippen molar-refractivity contribution in [1.82, 2.24) is 0 Å². The summed E-state index contributed by atoms with van der Waals surface area (Å²) in [7, 11) is 0. The summed E-state index contributed by atoms with van der Waals surface area (Å²) in [5.41, 5.74) is 1.80. The van der Waals surface area contributed by atoms with E-state index < -0.39 is 17.3 Å². The Balaban J connectivity index is 2.45. The lowest BCUT2D eigenvalue weighted by Gasteiger charge is -2.15. The van der Waals surface area contributed by atoms with Crippen molar-refractivity contribution in [1.29, 1.82) is 0 Å². The predicted octanol–water partition coefficient (Wildman–Crippen LogP) is 5.11. The first kappa shape index (κ1) is 13.4. The van der Waals surface area contributed by atoms with Crippen molar-refractivity contribution in [3.8, 4) is 11.1 Å². The van der Waals surface area contributed by atoms with E-state index in [1.807, 2.05) is 0 Å².